The van der Waals surface area contributed by atoms with Crippen molar-refractivity contribution in [3.63, 3.8) is 0 Å². The van der Waals surface area contributed by atoms with E-state index < -0.39 is 0 Å². The predicted octanol–water partition coefficient (Wildman–Crippen LogP) is 7.88. The lowest BCUT2D eigenvalue weighted by atomic mass is 9.80. The summed E-state index contributed by atoms with van der Waals surface area (Å²) in [5.41, 5.74) is 7.16. The second-order valence-electron chi connectivity index (χ2n) is 10.4. The molecule has 0 bridgehead atoms. The second-order valence-corrected chi connectivity index (χ2v) is 10.4. The van der Waals surface area contributed by atoms with Crippen molar-refractivity contribution in [1.29, 1.82) is 0 Å². The van der Waals surface area contributed by atoms with E-state index in [4.69, 9.17) is 0 Å². The Kier molecular flexibility index (Phi) is 8.28. The molecule has 0 N–H and O–H groups in total. The Morgan fingerprint density at radius 2 is 1.51 bits per heavy atom. The molecular formula is C32H42N2O. The van der Waals surface area contributed by atoms with Crippen molar-refractivity contribution in [3.8, 4) is 0 Å². The number of rotatable bonds is 8. The van der Waals surface area contributed by atoms with Crippen molar-refractivity contribution < 1.29 is 4.79 Å². The lowest BCUT2D eigenvalue weighted by molar-refractivity contribution is 0.0905. The summed E-state index contributed by atoms with van der Waals surface area (Å²) in [5.74, 6) is 0.269. The number of carbonyl (C=O) groups is 1. The van der Waals surface area contributed by atoms with Gasteiger partial charge in [-0.15, -0.1) is 0 Å². The maximum atomic E-state index is 13.5. The van der Waals surface area contributed by atoms with Crippen LogP contribution in [-0.2, 0) is 0 Å². The first-order chi connectivity index (χ1) is 16.9. The summed E-state index contributed by atoms with van der Waals surface area (Å²) < 4.78 is 0. The molecule has 2 aliphatic carbocycles. The van der Waals surface area contributed by atoms with Gasteiger partial charge < -0.3 is 4.90 Å². The summed E-state index contributed by atoms with van der Waals surface area (Å²) in [7, 11) is 0. The third-order valence-electron chi connectivity index (χ3n) is 8.07. The van der Waals surface area contributed by atoms with Gasteiger partial charge in [-0.05, 0) is 103 Å². The van der Waals surface area contributed by atoms with Crippen molar-refractivity contribution in [3.05, 3.63) is 83.0 Å². The van der Waals surface area contributed by atoms with Crippen LogP contribution in [0.15, 0.2) is 71.8 Å². The third-order valence-corrected chi connectivity index (χ3v) is 8.07. The smallest absolute Gasteiger partial charge is 0.169 e. The van der Waals surface area contributed by atoms with Gasteiger partial charge in [-0.1, -0.05) is 47.9 Å². The van der Waals surface area contributed by atoms with Crippen LogP contribution in [0, 0.1) is 12.8 Å². The van der Waals surface area contributed by atoms with Gasteiger partial charge >= 0.3 is 0 Å². The third kappa shape index (κ3) is 5.78. The van der Waals surface area contributed by atoms with Gasteiger partial charge in [-0.25, -0.2) is 0 Å². The second kappa shape index (κ2) is 11.4. The molecule has 0 aliphatic heterocycles. The van der Waals surface area contributed by atoms with Crippen molar-refractivity contribution in [2.24, 2.45) is 5.92 Å². The molecule has 0 saturated heterocycles. The van der Waals surface area contributed by atoms with Gasteiger partial charge in [-0.2, -0.15) is 0 Å². The monoisotopic (exact) mass is 470 g/mol. The quantitative estimate of drug-likeness (QED) is 0.289. The largest absolute Gasteiger partial charge is 0.342 e. The van der Waals surface area contributed by atoms with Crippen LogP contribution < -0.4 is 4.90 Å². The fourth-order valence-corrected chi connectivity index (χ4v) is 5.93. The lowest BCUT2D eigenvalue weighted by Crippen LogP contribution is -2.44. The molecule has 0 aromatic heterocycles. The maximum Gasteiger partial charge on any atom is 0.169 e. The van der Waals surface area contributed by atoms with Crippen LogP contribution in [0.2, 0.25) is 0 Å². The normalized spacial score (nSPS) is 22.5. The Morgan fingerprint density at radius 3 is 2.06 bits per heavy atom. The predicted molar refractivity (Wildman–Crippen MR) is 149 cm³/mol. The van der Waals surface area contributed by atoms with Crippen LogP contribution >= 0.6 is 0 Å². The summed E-state index contributed by atoms with van der Waals surface area (Å²) in [6.45, 7) is 12.9. The summed E-state index contributed by atoms with van der Waals surface area (Å²) in [6.07, 6.45) is 10.5. The summed E-state index contributed by atoms with van der Waals surface area (Å²) in [4.78, 5) is 18.4. The highest BCUT2D eigenvalue weighted by atomic mass is 16.1. The highest BCUT2D eigenvalue weighted by Gasteiger charge is 2.32. The first-order valence-electron chi connectivity index (χ1n) is 13.5. The van der Waals surface area contributed by atoms with E-state index in [0.29, 0.717) is 12.1 Å². The Balaban J connectivity index is 1.45. The zero-order chi connectivity index (χ0) is 24.9. The topological polar surface area (TPSA) is 23.6 Å². The van der Waals surface area contributed by atoms with Crippen LogP contribution in [0.25, 0.3) is 0 Å². The van der Waals surface area contributed by atoms with Crippen LogP contribution in [0.4, 0.5) is 11.4 Å². The standard InChI is InChI=1S/C32H42N2O/c1-6-33(27-14-8-23(3)9-15-27)29-18-12-26(13-19-29)32(35)31-21-20-30(22-25(31)5)34(7-2)28-16-10-24(4)11-17-28/h8-10,12-15,18-19,22,28,30-31H,6-7,11,16-17,20-21H2,1-5H3. The molecule has 2 aromatic rings. The number of ketones is 1. The number of hydrogen-bond donors (Lipinski definition) is 0. The van der Waals surface area contributed by atoms with Gasteiger partial charge in [0.1, 0.15) is 0 Å². The molecule has 2 aromatic carbocycles. The van der Waals surface area contributed by atoms with E-state index in [1.165, 1.54) is 35.2 Å². The Labute approximate surface area is 212 Å². The molecule has 3 atom stereocenters. The molecule has 0 fully saturated rings. The van der Waals surface area contributed by atoms with E-state index in [-0.39, 0.29) is 11.7 Å². The Hall–Kier alpha value is -2.65. The number of Topliss-reactive ketones (excluding diaryl/α,β-unsaturated/α-hetero) is 1. The number of benzene rings is 2. The Bertz CT molecular complexity index is 1060. The van der Waals surface area contributed by atoms with E-state index in [0.717, 1.165) is 43.6 Å². The van der Waals surface area contributed by atoms with E-state index >= 15 is 0 Å². The zero-order valence-corrected chi connectivity index (χ0v) is 22.3. The minimum absolute atomic E-state index is 0.00341. The molecule has 4 rings (SSSR count). The van der Waals surface area contributed by atoms with E-state index in [1.54, 1.807) is 0 Å². The number of nitrogens with zero attached hydrogens (tertiary/aromatic N) is 2. The fraction of sp³-hybridized carbons (Fsp3) is 0.469. The fourth-order valence-electron chi connectivity index (χ4n) is 5.93. The van der Waals surface area contributed by atoms with E-state index in [1.807, 2.05) is 12.1 Å². The molecule has 3 nitrogen and oxygen atoms in total. The van der Waals surface area contributed by atoms with E-state index in [9.17, 15) is 4.79 Å². The van der Waals surface area contributed by atoms with Crippen molar-refractivity contribution in [2.75, 3.05) is 18.0 Å². The molecule has 3 unspecified atom stereocenters. The Morgan fingerprint density at radius 1 is 0.857 bits per heavy atom. The first kappa shape index (κ1) is 25.4. The van der Waals surface area contributed by atoms with Crippen molar-refractivity contribution in [2.45, 2.75) is 78.8 Å². The van der Waals surface area contributed by atoms with Gasteiger partial charge in [0.2, 0.25) is 0 Å². The van der Waals surface area contributed by atoms with Gasteiger partial charge in [0.05, 0.1) is 0 Å². The van der Waals surface area contributed by atoms with Gasteiger partial charge in [-0.3, -0.25) is 9.69 Å². The molecule has 0 heterocycles. The highest BCUT2D eigenvalue weighted by Crippen LogP contribution is 2.34. The van der Waals surface area contributed by atoms with Crippen LogP contribution in [0.5, 0.6) is 0 Å². The van der Waals surface area contributed by atoms with Gasteiger partial charge in [0, 0.05) is 41.5 Å². The molecule has 2 aliphatic rings. The molecule has 0 spiro atoms. The minimum atomic E-state index is 0.00341. The molecular weight excluding hydrogens is 428 g/mol. The number of anilines is 2. The summed E-state index contributed by atoms with van der Waals surface area (Å²) in [5, 5.41) is 0. The van der Waals surface area contributed by atoms with Crippen LogP contribution in [0.1, 0.15) is 75.7 Å². The molecule has 186 valence electrons. The average Bonchev–Trinajstić information content (AvgIpc) is 2.87. The molecule has 0 saturated carbocycles. The van der Waals surface area contributed by atoms with Gasteiger partial charge in [0.25, 0.3) is 0 Å². The number of aryl methyl sites for hydroxylation is 1. The average molecular weight is 471 g/mol. The molecule has 0 amide bonds. The van der Waals surface area contributed by atoms with Crippen LogP contribution in [0.3, 0.4) is 0 Å². The maximum absolute atomic E-state index is 13.5. The lowest BCUT2D eigenvalue weighted by Gasteiger charge is -2.40. The zero-order valence-electron chi connectivity index (χ0n) is 22.3. The highest BCUT2D eigenvalue weighted by molar-refractivity contribution is 6.00. The number of carbonyl (C=O) groups excluding carboxylic acids is 1. The number of hydrogen-bond acceptors (Lipinski definition) is 3. The van der Waals surface area contributed by atoms with Crippen molar-refractivity contribution in [1.82, 2.24) is 4.90 Å². The molecule has 0 radical (unpaired) electrons. The molecule has 35 heavy (non-hydrogen) atoms. The molecule has 3 heteroatoms. The number of allylic oxidation sites excluding steroid dienone is 2. The SMILES string of the molecule is CCN(c1ccc(C)cc1)c1ccc(C(=O)C2CCC(N(CC)C3CC=C(C)CC3)C=C2C)cc1. The minimum Gasteiger partial charge on any atom is -0.342 e. The summed E-state index contributed by atoms with van der Waals surface area (Å²) >= 11 is 0. The first-order valence-corrected chi connectivity index (χ1v) is 13.5. The number of likely N-dealkylation sites (N-methyl/N-ethyl adjacent to an activating group) is 1. The van der Waals surface area contributed by atoms with Crippen LogP contribution in [-0.4, -0.2) is 35.9 Å². The summed E-state index contributed by atoms with van der Waals surface area (Å²) in [6, 6.07) is 17.9. The van der Waals surface area contributed by atoms with E-state index in [2.05, 4.69) is 93.0 Å². The van der Waals surface area contributed by atoms with Gasteiger partial charge in [0.15, 0.2) is 5.78 Å². The van der Waals surface area contributed by atoms with Crippen molar-refractivity contribution >= 4 is 17.2 Å².